The Kier molecular flexibility index (Phi) is 4.72. The Bertz CT molecular complexity index is 596. The van der Waals surface area contributed by atoms with Crippen molar-refractivity contribution < 1.29 is 9.47 Å². The van der Waals surface area contributed by atoms with Crippen LogP contribution in [0.5, 0.6) is 5.75 Å². The van der Waals surface area contributed by atoms with Crippen LogP contribution in [-0.4, -0.2) is 53.9 Å². The molecular formula is C16H22N4O2. The first kappa shape index (κ1) is 15.0. The van der Waals surface area contributed by atoms with E-state index in [0.29, 0.717) is 6.54 Å². The minimum absolute atomic E-state index is 0.123. The fraction of sp³-hybridized carbons (Fsp3) is 0.438. The van der Waals surface area contributed by atoms with E-state index < -0.39 is 0 Å². The zero-order valence-electron chi connectivity index (χ0n) is 12.8. The summed E-state index contributed by atoms with van der Waals surface area (Å²) in [7, 11) is 1.67. The molecular weight excluding hydrogens is 280 g/mol. The molecule has 2 aromatic rings. The van der Waals surface area contributed by atoms with Gasteiger partial charge in [0, 0.05) is 37.7 Å². The Balaban J connectivity index is 1.74. The average molecular weight is 302 g/mol. The van der Waals surface area contributed by atoms with Crippen LogP contribution < -0.4 is 10.5 Å². The molecule has 3 rings (SSSR count). The van der Waals surface area contributed by atoms with Crippen LogP contribution in [-0.2, 0) is 11.3 Å². The summed E-state index contributed by atoms with van der Waals surface area (Å²) in [6.45, 7) is 3.84. The number of hydrogen-bond donors (Lipinski definition) is 1. The maximum absolute atomic E-state index is 5.70. The maximum Gasteiger partial charge on any atom is 0.127 e. The third kappa shape index (κ3) is 3.30. The number of nitrogens with two attached hydrogens (primary N) is 1. The first-order chi connectivity index (χ1) is 10.8. The predicted molar refractivity (Wildman–Crippen MR) is 84.2 cm³/mol. The summed E-state index contributed by atoms with van der Waals surface area (Å²) in [6, 6.07) is 7.98. The zero-order valence-corrected chi connectivity index (χ0v) is 12.8. The van der Waals surface area contributed by atoms with Gasteiger partial charge in [-0.15, -0.1) is 0 Å². The highest BCUT2D eigenvalue weighted by Crippen LogP contribution is 2.17. The lowest BCUT2D eigenvalue weighted by Gasteiger charge is -2.32. The van der Waals surface area contributed by atoms with Crippen molar-refractivity contribution in [3.63, 3.8) is 0 Å². The van der Waals surface area contributed by atoms with Gasteiger partial charge >= 0.3 is 0 Å². The summed E-state index contributed by atoms with van der Waals surface area (Å²) >= 11 is 0. The maximum atomic E-state index is 5.70. The number of hydrogen-bond acceptors (Lipinski definition) is 5. The highest BCUT2D eigenvalue weighted by atomic mass is 16.5. The second-order valence-electron chi connectivity index (χ2n) is 5.38. The van der Waals surface area contributed by atoms with Gasteiger partial charge in [0.2, 0.25) is 0 Å². The van der Waals surface area contributed by atoms with Gasteiger partial charge in [-0.25, -0.2) is 4.98 Å². The largest absolute Gasteiger partial charge is 0.497 e. The third-order valence-electron chi connectivity index (χ3n) is 3.92. The van der Waals surface area contributed by atoms with Crippen LogP contribution in [0.2, 0.25) is 0 Å². The molecule has 0 amide bonds. The van der Waals surface area contributed by atoms with E-state index in [1.165, 1.54) is 0 Å². The van der Waals surface area contributed by atoms with Gasteiger partial charge in [0.15, 0.2) is 0 Å². The molecule has 1 saturated heterocycles. The third-order valence-corrected chi connectivity index (χ3v) is 3.92. The van der Waals surface area contributed by atoms with E-state index in [2.05, 4.69) is 14.5 Å². The Morgan fingerprint density at radius 1 is 1.36 bits per heavy atom. The van der Waals surface area contributed by atoms with E-state index in [1.54, 1.807) is 7.11 Å². The minimum Gasteiger partial charge on any atom is -0.497 e. The van der Waals surface area contributed by atoms with Crippen LogP contribution >= 0.6 is 0 Å². The average Bonchev–Trinajstić information content (AvgIpc) is 3.03. The molecule has 2 heterocycles. The molecule has 22 heavy (non-hydrogen) atoms. The van der Waals surface area contributed by atoms with E-state index in [-0.39, 0.29) is 6.10 Å². The molecule has 6 nitrogen and oxygen atoms in total. The van der Waals surface area contributed by atoms with Crippen LogP contribution in [0, 0.1) is 0 Å². The van der Waals surface area contributed by atoms with Crippen molar-refractivity contribution in [3.8, 4) is 11.4 Å². The molecule has 1 aromatic carbocycles. The van der Waals surface area contributed by atoms with E-state index in [9.17, 15) is 0 Å². The second kappa shape index (κ2) is 6.91. The molecule has 0 aliphatic carbocycles. The number of ether oxygens (including phenoxy) is 2. The number of morpholine rings is 1. The molecule has 0 unspecified atom stereocenters. The van der Waals surface area contributed by atoms with Crippen LogP contribution in [0.3, 0.4) is 0 Å². The SMILES string of the molecule is COc1ccc(-n2ccnc2CN2CCO[C@H](CN)C2)cc1. The van der Waals surface area contributed by atoms with Gasteiger partial charge in [-0.2, -0.15) is 0 Å². The number of rotatable bonds is 5. The summed E-state index contributed by atoms with van der Waals surface area (Å²) in [6.07, 6.45) is 3.94. The summed E-state index contributed by atoms with van der Waals surface area (Å²) in [5, 5.41) is 0. The topological polar surface area (TPSA) is 65.5 Å². The predicted octanol–water partition coefficient (Wildman–Crippen LogP) is 1.04. The van der Waals surface area contributed by atoms with Gasteiger partial charge in [-0.05, 0) is 24.3 Å². The van der Waals surface area contributed by atoms with Crippen molar-refractivity contribution in [2.45, 2.75) is 12.6 Å². The van der Waals surface area contributed by atoms with Crippen LogP contribution in [0.4, 0.5) is 0 Å². The molecule has 1 atom stereocenters. The Morgan fingerprint density at radius 3 is 2.91 bits per heavy atom. The summed E-state index contributed by atoms with van der Waals surface area (Å²) in [5.41, 5.74) is 6.78. The first-order valence-electron chi connectivity index (χ1n) is 7.51. The van der Waals surface area contributed by atoms with Crippen LogP contribution in [0.1, 0.15) is 5.82 Å². The molecule has 1 aliphatic heterocycles. The van der Waals surface area contributed by atoms with Crippen LogP contribution in [0.15, 0.2) is 36.7 Å². The lowest BCUT2D eigenvalue weighted by molar-refractivity contribution is -0.0269. The standard InChI is InChI=1S/C16H22N4O2/c1-21-14-4-2-13(3-5-14)20-7-6-18-16(20)12-19-8-9-22-15(10-17)11-19/h2-7,15H,8-12,17H2,1H3/t15-/m1/s1. The van der Waals surface area contributed by atoms with Crippen molar-refractivity contribution in [1.29, 1.82) is 0 Å². The first-order valence-corrected chi connectivity index (χ1v) is 7.51. The quantitative estimate of drug-likeness (QED) is 0.894. The van der Waals surface area contributed by atoms with Gasteiger partial charge in [0.25, 0.3) is 0 Å². The molecule has 2 N–H and O–H groups in total. The highest BCUT2D eigenvalue weighted by molar-refractivity contribution is 5.38. The van der Waals surface area contributed by atoms with Gasteiger partial charge in [0.1, 0.15) is 11.6 Å². The smallest absolute Gasteiger partial charge is 0.127 e. The molecule has 1 aromatic heterocycles. The molecule has 1 fully saturated rings. The van der Waals surface area contributed by atoms with E-state index in [0.717, 1.165) is 43.5 Å². The van der Waals surface area contributed by atoms with E-state index >= 15 is 0 Å². The number of methoxy groups -OCH3 is 1. The van der Waals surface area contributed by atoms with Crippen molar-refractivity contribution in [2.24, 2.45) is 5.73 Å². The summed E-state index contributed by atoms with van der Waals surface area (Å²) in [4.78, 5) is 6.83. The molecule has 118 valence electrons. The fourth-order valence-corrected chi connectivity index (χ4v) is 2.70. The number of benzene rings is 1. The lowest BCUT2D eigenvalue weighted by atomic mass is 10.2. The monoisotopic (exact) mass is 302 g/mol. The van der Waals surface area contributed by atoms with Crippen molar-refractivity contribution in [1.82, 2.24) is 14.5 Å². The van der Waals surface area contributed by atoms with Gasteiger partial charge in [0.05, 0.1) is 26.4 Å². The summed E-state index contributed by atoms with van der Waals surface area (Å²) < 4.78 is 12.9. The fourth-order valence-electron chi connectivity index (χ4n) is 2.70. The van der Waals surface area contributed by atoms with E-state index in [4.69, 9.17) is 15.2 Å². The number of nitrogens with zero attached hydrogens (tertiary/aromatic N) is 3. The molecule has 0 bridgehead atoms. The van der Waals surface area contributed by atoms with Crippen LogP contribution in [0.25, 0.3) is 5.69 Å². The number of imidazole rings is 1. The molecule has 0 spiro atoms. The van der Waals surface area contributed by atoms with Gasteiger partial charge in [-0.1, -0.05) is 0 Å². The van der Waals surface area contributed by atoms with Gasteiger partial charge in [-0.3, -0.25) is 4.90 Å². The molecule has 1 aliphatic rings. The Hall–Kier alpha value is -1.89. The molecule has 6 heteroatoms. The van der Waals surface area contributed by atoms with Crippen molar-refractivity contribution in [2.75, 3.05) is 33.4 Å². The van der Waals surface area contributed by atoms with E-state index in [1.807, 2.05) is 36.7 Å². The van der Waals surface area contributed by atoms with Gasteiger partial charge < -0.3 is 19.8 Å². The molecule has 0 radical (unpaired) electrons. The minimum atomic E-state index is 0.123. The lowest BCUT2D eigenvalue weighted by Crippen LogP contribution is -2.45. The molecule has 0 saturated carbocycles. The summed E-state index contributed by atoms with van der Waals surface area (Å²) in [5.74, 6) is 1.87. The Morgan fingerprint density at radius 2 is 2.18 bits per heavy atom. The zero-order chi connectivity index (χ0) is 15.4. The number of aromatic nitrogens is 2. The Labute approximate surface area is 130 Å². The van der Waals surface area contributed by atoms with Crippen molar-refractivity contribution in [3.05, 3.63) is 42.5 Å². The second-order valence-corrected chi connectivity index (χ2v) is 5.38. The normalized spacial score (nSPS) is 19.3. The highest BCUT2D eigenvalue weighted by Gasteiger charge is 2.20. The van der Waals surface area contributed by atoms with Crippen molar-refractivity contribution >= 4 is 0 Å².